The zero-order chi connectivity index (χ0) is 15.3. The van der Waals surface area contributed by atoms with Crippen LogP contribution >= 0.6 is 0 Å². The van der Waals surface area contributed by atoms with Gasteiger partial charge in [-0.1, -0.05) is 39.8 Å². The molecule has 0 aromatic heterocycles. The quantitative estimate of drug-likeness (QED) is 0.865. The van der Waals surface area contributed by atoms with Crippen molar-refractivity contribution < 1.29 is 4.74 Å². The number of fused-ring (bicyclic) bond motifs is 1. The van der Waals surface area contributed by atoms with E-state index in [1.165, 1.54) is 12.1 Å². The molecule has 0 saturated carbocycles. The Morgan fingerprint density at radius 2 is 2.10 bits per heavy atom. The van der Waals surface area contributed by atoms with Crippen LogP contribution in [0.2, 0.25) is 0 Å². The highest BCUT2D eigenvalue weighted by Crippen LogP contribution is 2.33. The lowest BCUT2D eigenvalue weighted by Crippen LogP contribution is -2.44. The van der Waals surface area contributed by atoms with Crippen LogP contribution in [-0.4, -0.2) is 32.3 Å². The Balaban J connectivity index is 2.13. The molecule has 1 aliphatic heterocycles. The molecule has 0 spiro atoms. The Kier molecular flexibility index (Phi) is 5.51. The fraction of sp³-hybridized carbons (Fsp3) is 0.667. The van der Waals surface area contributed by atoms with Crippen LogP contribution in [0.4, 0.5) is 5.69 Å². The molecule has 3 nitrogen and oxygen atoms in total. The number of benzene rings is 1. The average molecular weight is 290 g/mol. The molecule has 118 valence electrons. The Hall–Kier alpha value is -1.22. The second-order valence-electron chi connectivity index (χ2n) is 6.79. The maximum atomic E-state index is 5.87. The number of nitrogens with one attached hydrogen (secondary N) is 1. The highest BCUT2D eigenvalue weighted by Gasteiger charge is 2.27. The Morgan fingerprint density at radius 3 is 2.81 bits per heavy atom. The number of rotatable bonds is 6. The molecular formula is C18H30N2O. The maximum absolute atomic E-state index is 5.87. The molecular weight excluding hydrogens is 260 g/mol. The molecule has 0 amide bonds. The number of anilines is 1. The average Bonchev–Trinajstić information content (AvgIpc) is 2.68. The van der Waals surface area contributed by atoms with Gasteiger partial charge in [0.25, 0.3) is 0 Å². The molecule has 1 N–H and O–H groups in total. The van der Waals surface area contributed by atoms with Crippen LogP contribution in [0.15, 0.2) is 24.3 Å². The third-order valence-corrected chi connectivity index (χ3v) is 4.40. The minimum absolute atomic E-state index is 0.279. The molecule has 3 heteroatoms. The van der Waals surface area contributed by atoms with Crippen LogP contribution in [0.5, 0.6) is 5.75 Å². The first-order valence-electron chi connectivity index (χ1n) is 8.24. The monoisotopic (exact) mass is 290 g/mol. The second-order valence-corrected chi connectivity index (χ2v) is 6.79. The topological polar surface area (TPSA) is 24.5 Å². The van der Waals surface area contributed by atoms with Crippen molar-refractivity contribution in [2.45, 2.75) is 46.6 Å². The van der Waals surface area contributed by atoms with Crippen molar-refractivity contribution in [3.8, 4) is 5.75 Å². The van der Waals surface area contributed by atoms with Gasteiger partial charge in [-0.05, 0) is 30.4 Å². The molecule has 1 aromatic rings. The number of nitrogens with zero attached hydrogens (tertiary/aromatic N) is 1. The number of hydrogen-bond acceptors (Lipinski definition) is 3. The molecule has 0 bridgehead atoms. The van der Waals surface area contributed by atoms with Gasteiger partial charge >= 0.3 is 0 Å². The molecule has 1 unspecified atom stereocenters. The first-order valence-corrected chi connectivity index (χ1v) is 8.24. The van der Waals surface area contributed by atoms with E-state index >= 15 is 0 Å². The zero-order valence-corrected chi connectivity index (χ0v) is 14.0. The molecule has 0 aliphatic carbocycles. The standard InChI is InChI=1S/C18H30N2O/c1-5-18(4,13-19-15(2)3)14-20-11-8-12-21-17-10-7-6-9-16(17)20/h6-7,9-10,15,19H,5,8,11-14H2,1-4H3. The summed E-state index contributed by atoms with van der Waals surface area (Å²) in [5.41, 5.74) is 1.53. The largest absolute Gasteiger partial charge is 0.491 e. The molecule has 1 aliphatic rings. The molecule has 0 radical (unpaired) electrons. The van der Waals surface area contributed by atoms with Crippen molar-refractivity contribution in [3.63, 3.8) is 0 Å². The van der Waals surface area contributed by atoms with Crippen LogP contribution in [-0.2, 0) is 0 Å². The van der Waals surface area contributed by atoms with Crippen LogP contribution in [0, 0.1) is 5.41 Å². The molecule has 1 heterocycles. The maximum Gasteiger partial charge on any atom is 0.142 e. The van der Waals surface area contributed by atoms with Gasteiger partial charge in [0.05, 0.1) is 12.3 Å². The van der Waals surface area contributed by atoms with E-state index in [2.05, 4.69) is 62.2 Å². The van der Waals surface area contributed by atoms with Crippen LogP contribution in [0.25, 0.3) is 0 Å². The summed E-state index contributed by atoms with van der Waals surface area (Å²) in [7, 11) is 0. The Morgan fingerprint density at radius 1 is 1.33 bits per heavy atom. The number of hydrogen-bond donors (Lipinski definition) is 1. The second kappa shape index (κ2) is 7.17. The van der Waals surface area contributed by atoms with Crippen molar-refractivity contribution >= 4 is 5.69 Å². The molecule has 0 saturated heterocycles. The molecule has 21 heavy (non-hydrogen) atoms. The summed E-state index contributed by atoms with van der Waals surface area (Å²) < 4.78 is 5.87. The van der Waals surface area contributed by atoms with Crippen molar-refractivity contribution in [2.24, 2.45) is 5.41 Å². The van der Waals surface area contributed by atoms with E-state index in [0.717, 1.165) is 38.4 Å². The minimum Gasteiger partial charge on any atom is -0.491 e. The fourth-order valence-corrected chi connectivity index (χ4v) is 2.77. The van der Waals surface area contributed by atoms with Gasteiger partial charge in [-0.2, -0.15) is 0 Å². The third-order valence-electron chi connectivity index (χ3n) is 4.40. The van der Waals surface area contributed by atoms with Gasteiger partial charge in [-0.25, -0.2) is 0 Å². The van der Waals surface area contributed by atoms with E-state index in [0.29, 0.717) is 6.04 Å². The molecule has 2 rings (SSSR count). The van der Waals surface area contributed by atoms with Gasteiger partial charge in [0.1, 0.15) is 5.75 Å². The Labute approximate surface area is 129 Å². The smallest absolute Gasteiger partial charge is 0.142 e. The van der Waals surface area contributed by atoms with Gasteiger partial charge in [-0.3, -0.25) is 0 Å². The summed E-state index contributed by atoms with van der Waals surface area (Å²) in [4.78, 5) is 2.51. The van der Waals surface area contributed by atoms with Gasteiger partial charge in [0.2, 0.25) is 0 Å². The van der Waals surface area contributed by atoms with E-state index < -0.39 is 0 Å². The number of ether oxygens (including phenoxy) is 1. The SMILES string of the molecule is CCC(C)(CNC(C)C)CN1CCCOc2ccccc21. The summed E-state index contributed by atoms with van der Waals surface area (Å²) in [5.74, 6) is 1.03. The van der Waals surface area contributed by atoms with E-state index in [1.54, 1.807) is 0 Å². The van der Waals surface area contributed by atoms with Crippen LogP contribution < -0.4 is 15.0 Å². The number of para-hydroxylation sites is 2. The van der Waals surface area contributed by atoms with E-state index in [1.807, 2.05) is 0 Å². The van der Waals surface area contributed by atoms with Crippen molar-refractivity contribution in [2.75, 3.05) is 31.1 Å². The fourth-order valence-electron chi connectivity index (χ4n) is 2.77. The van der Waals surface area contributed by atoms with Gasteiger partial charge < -0.3 is 15.0 Å². The van der Waals surface area contributed by atoms with E-state index in [9.17, 15) is 0 Å². The minimum atomic E-state index is 0.279. The highest BCUT2D eigenvalue weighted by atomic mass is 16.5. The predicted octanol–water partition coefficient (Wildman–Crippen LogP) is 3.69. The first-order chi connectivity index (χ1) is 10.0. The normalized spacial score (nSPS) is 17.9. The van der Waals surface area contributed by atoms with Gasteiger partial charge in [-0.15, -0.1) is 0 Å². The van der Waals surface area contributed by atoms with Crippen molar-refractivity contribution in [1.82, 2.24) is 5.32 Å². The third kappa shape index (κ3) is 4.37. The molecule has 1 atom stereocenters. The zero-order valence-electron chi connectivity index (χ0n) is 14.0. The lowest BCUT2D eigenvalue weighted by atomic mass is 9.86. The lowest BCUT2D eigenvalue weighted by Gasteiger charge is -2.36. The Bertz CT molecular complexity index is 447. The first kappa shape index (κ1) is 16.2. The summed E-state index contributed by atoms with van der Waals surface area (Å²) in [5, 5.41) is 3.61. The summed E-state index contributed by atoms with van der Waals surface area (Å²) >= 11 is 0. The highest BCUT2D eigenvalue weighted by molar-refractivity contribution is 5.59. The van der Waals surface area contributed by atoms with Crippen LogP contribution in [0.1, 0.15) is 40.5 Å². The predicted molar refractivity (Wildman–Crippen MR) is 90.3 cm³/mol. The van der Waals surface area contributed by atoms with E-state index in [-0.39, 0.29) is 5.41 Å². The van der Waals surface area contributed by atoms with Gasteiger partial charge in [0, 0.05) is 25.7 Å². The summed E-state index contributed by atoms with van der Waals surface area (Å²) in [6.07, 6.45) is 2.26. The van der Waals surface area contributed by atoms with E-state index in [4.69, 9.17) is 4.74 Å². The van der Waals surface area contributed by atoms with Gasteiger partial charge in [0.15, 0.2) is 0 Å². The van der Waals surface area contributed by atoms with Crippen LogP contribution in [0.3, 0.4) is 0 Å². The summed E-state index contributed by atoms with van der Waals surface area (Å²) in [6, 6.07) is 8.98. The molecule has 1 aromatic carbocycles. The molecule has 0 fully saturated rings. The van der Waals surface area contributed by atoms with Crippen molar-refractivity contribution in [3.05, 3.63) is 24.3 Å². The summed E-state index contributed by atoms with van der Waals surface area (Å²) in [6.45, 7) is 13.1. The lowest BCUT2D eigenvalue weighted by molar-refractivity contribution is 0.285. The van der Waals surface area contributed by atoms with Crippen molar-refractivity contribution in [1.29, 1.82) is 0 Å².